The van der Waals surface area contributed by atoms with Crippen molar-refractivity contribution in [3.8, 4) is 17.2 Å². The van der Waals surface area contributed by atoms with Gasteiger partial charge in [0.2, 0.25) is 0 Å². The molecule has 0 unspecified atom stereocenters. The Morgan fingerprint density at radius 1 is 1.05 bits per heavy atom. The third kappa shape index (κ3) is 4.28. The zero-order valence-electron chi connectivity index (χ0n) is 13.0. The van der Waals surface area contributed by atoms with Crippen LogP contribution < -0.4 is 19.8 Å². The maximum absolute atomic E-state index is 12.1. The summed E-state index contributed by atoms with van der Waals surface area (Å²) in [4.78, 5) is 12.1. The molecule has 22 heavy (non-hydrogen) atoms. The van der Waals surface area contributed by atoms with Gasteiger partial charge in [-0.1, -0.05) is 0 Å². The Bertz CT molecular complexity index is 634. The number of rotatable bonds is 8. The normalized spacial score (nSPS) is 10.3. The van der Waals surface area contributed by atoms with Crippen LogP contribution in [0.1, 0.15) is 13.3 Å². The van der Waals surface area contributed by atoms with E-state index in [1.807, 2.05) is 37.3 Å². The van der Waals surface area contributed by atoms with Crippen LogP contribution in [0.5, 0.6) is 17.2 Å². The average molecular weight is 303 g/mol. The van der Waals surface area contributed by atoms with Crippen molar-refractivity contribution >= 4 is 0 Å². The SMILES string of the molecule is CCOc1cccn(CCCOc2ccc(OC)cc2)c1=O. The summed E-state index contributed by atoms with van der Waals surface area (Å²) in [5.41, 5.74) is -0.103. The standard InChI is InChI=1S/C17H21NO4/c1-3-21-16-6-4-11-18(17(16)19)12-5-13-22-15-9-7-14(20-2)8-10-15/h4,6-11H,3,5,12-13H2,1-2H3. The van der Waals surface area contributed by atoms with Gasteiger partial charge in [-0.2, -0.15) is 0 Å². The van der Waals surface area contributed by atoms with Gasteiger partial charge >= 0.3 is 0 Å². The summed E-state index contributed by atoms with van der Waals surface area (Å²) in [5, 5.41) is 0. The first-order valence-electron chi connectivity index (χ1n) is 7.33. The number of aromatic nitrogens is 1. The largest absolute Gasteiger partial charge is 0.497 e. The molecule has 1 aromatic heterocycles. The van der Waals surface area contributed by atoms with E-state index < -0.39 is 0 Å². The summed E-state index contributed by atoms with van der Waals surface area (Å²) in [5.74, 6) is 1.98. The molecule has 0 aliphatic heterocycles. The van der Waals surface area contributed by atoms with Gasteiger partial charge in [0, 0.05) is 12.7 Å². The predicted molar refractivity (Wildman–Crippen MR) is 85.0 cm³/mol. The second kappa shape index (κ2) is 8.12. The van der Waals surface area contributed by atoms with Gasteiger partial charge in [-0.15, -0.1) is 0 Å². The van der Waals surface area contributed by atoms with Crippen LogP contribution in [-0.2, 0) is 6.54 Å². The molecule has 0 aliphatic rings. The van der Waals surface area contributed by atoms with Crippen molar-refractivity contribution in [2.45, 2.75) is 19.9 Å². The van der Waals surface area contributed by atoms with Crippen LogP contribution in [0.25, 0.3) is 0 Å². The Hall–Kier alpha value is -2.43. The van der Waals surface area contributed by atoms with E-state index in [-0.39, 0.29) is 5.56 Å². The molecule has 0 aliphatic carbocycles. The van der Waals surface area contributed by atoms with Crippen molar-refractivity contribution in [2.24, 2.45) is 0 Å². The molecule has 0 radical (unpaired) electrons. The zero-order valence-corrected chi connectivity index (χ0v) is 13.0. The van der Waals surface area contributed by atoms with E-state index >= 15 is 0 Å². The van der Waals surface area contributed by atoms with Gasteiger partial charge < -0.3 is 18.8 Å². The molecule has 5 heteroatoms. The Balaban J connectivity index is 1.83. The fourth-order valence-electron chi connectivity index (χ4n) is 2.05. The minimum atomic E-state index is -0.103. The summed E-state index contributed by atoms with van der Waals surface area (Å²) in [6.07, 6.45) is 2.50. The van der Waals surface area contributed by atoms with Crippen LogP contribution in [0.3, 0.4) is 0 Å². The van der Waals surface area contributed by atoms with Gasteiger partial charge in [0.05, 0.1) is 20.3 Å². The first kappa shape index (κ1) is 15.9. The summed E-state index contributed by atoms with van der Waals surface area (Å²) in [7, 11) is 1.63. The molecule has 0 N–H and O–H groups in total. The third-order valence-electron chi connectivity index (χ3n) is 3.16. The smallest absolute Gasteiger partial charge is 0.292 e. The second-order valence-electron chi connectivity index (χ2n) is 4.68. The van der Waals surface area contributed by atoms with Gasteiger partial charge in [-0.3, -0.25) is 4.79 Å². The van der Waals surface area contributed by atoms with E-state index in [0.717, 1.165) is 17.9 Å². The fraction of sp³-hybridized carbons (Fsp3) is 0.353. The highest BCUT2D eigenvalue weighted by Gasteiger charge is 2.03. The number of pyridine rings is 1. The molecule has 2 aromatic rings. The highest BCUT2D eigenvalue weighted by atomic mass is 16.5. The fourth-order valence-corrected chi connectivity index (χ4v) is 2.05. The lowest BCUT2D eigenvalue weighted by Gasteiger charge is -2.10. The topological polar surface area (TPSA) is 49.7 Å². The first-order valence-corrected chi connectivity index (χ1v) is 7.33. The lowest BCUT2D eigenvalue weighted by Crippen LogP contribution is -2.22. The minimum absolute atomic E-state index is 0.103. The molecule has 118 valence electrons. The van der Waals surface area contributed by atoms with E-state index in [4.69, 9.17) is 14.2 Å². The molecule has 5 nitrogen and oxygen atoms in total. The maximum Gasteiger partial charge on any atom is 0.292 e. The molecule has 2 rings (SSSR count). The highest BCUT2D eigenvalue weighted by molar-refractivity contribution is 5.31. The van der Waals surface area contributed by atoms with E-state index in [1.54, 1.807) is 23.9 Å². The molecule has 0 saturated carbocycles. The van der Waals surface area contributed by atoms with Gasteiger partial charge in [0.15, 0.2) is 5.75 Å². The molecular formula is C17H21NO4. The molecule has 0 bridgehead atoms. The van der Waals surface area contributed by atoms with E-state index in [9.17, 15) is 4.79 Å². The predicted octanol–water partition coefficient (Wildman–Crippen LogP) is 2.72. The molecule has 0 spiro atoms. The maximum atomic E-state index is 12.1. The van der Waals surface area contributed by atoms with E-state index in [0.29, 0.717) is 25.5 Å². The van der Waals surface area contributed by atoms with Gasteiger partial charge in [-0.05, 0) is 49.7 Å². The van der Waals surface area contributed by atoms with Crippen molar-refractivity contribution < 1.29 is 14.2 Å². The Morgan fingerprint density at radius 3 is 2.45 bits per heavy atom. The highest BCUT2D eigenvalue weighted by Crippen LogP contribution is 2.17. The first-order chi connectivity index (χ1) is 10.7. The second-order valence-corrected chi connectivity index (χ2v) is 4.68. The molecule has 0 atom stereocenters. The van der Waals surface area contributed by atoms with Crippen LogP contribution >= 0.6 is 0 Å². The van der Waals surface area contributed by atoms with Crippen molar-refractivity contribution in [1.29, 1.82) is 0 Å². The number of hydrogen-bond donors (Lipinski definition) is 0. The molecule has 1 aromatic carbocycles. The molecule has 0 amide bonds. The van der Waals surface area contributed by atoms with Crippen LogP contribution in [0.4, 0.5) is 0 Å². The molecule has 1 heterocycles. The Labute approximate surface area is 130 Å². The number of methoxy groups -OCH3 is 1. The summed E-state index contributed by atoms with van der Waals surface area (Å²) in [6.45, 7) is 3.48. The van der Waals surface area contributed by atoms with Crippen LogP contribution in [-0.4, -0.2) is 24.9 Å². The molecule has 0 saturated heterocycles. The van der Waals surface area contributed by atoms with Crippen molar-refractivity contribution in [1.82, 2.24) is 4.57 Å². The minimum Gasteiger partial charge on any atom is -0.497 e. The average Bonchev–Trinajstić information content (AvgIpc) is 2.55. The third-order valence-corrected chi connectivity index (χ3v) is 3.16. The van der Waals surface area contributed by atoms with Crippen molar-refractivity contribution in [3.05, 3.63) is 52.9 Å². The Morgan fingerprint density at radius 2 is 1.77 bits per heavy atom. The van der Waals surface area contributed by atoms with Gasteiger partial charge in [-0.25, -0.2) is 0 Å². The molecular weight excluding hydrogens is 282 g/mol. The summed E-state index contributed by atoms with van der Waals surface area (Å²) >= 11 is 0. The number of hydrogen-bond acceptors (Lipinski definition) is 4. The lowest BCUT2D eigenvalue weighted by atomic mass is 10.3. The van der Waals surface area contributed by atoms with Crippen LogP contribution in [0, 0.1) is 0 Å². The number of nitrogens with zero attached hydrogens (tertiary/aromatic N) is 1. The number of benzene rings is 1. The van der Waals surface area contributed by atoms with Crippen molar-refractivity contribution in [2.75, 3.05) is 20.3 Å². The van der Waals surface area contributed by atoms with E-state index in [2.05, 4.69) is 0 Å². The number of ether oxygens (including phenoxy) is 3. The van der Waals surface area contributed by atoms with Crippen LogP contribution in [0.15, 0.2) is 47.4 Å². The lowest BCUT2D eigenvalue weighted by molar-refractivity contribution is 0.297. The van der Waals surface area contributed by atoms with Gasteiger partial charge in [0.25, 0.3) is 5.56 Å². The summed E-state index contributed by atoms with van der Waals surface area (Å²) in [6, 6.07) is 10.9. The zero-order chi connectivity index (χ0) is 15.8. The quantitative estimate of drug-likeness (QED) is 0.704. The molecule has 0 fully saturated rings. The number of aryl methyl sites for hydroxylation is 1. The van der Waals surface area contributed by atoms with Crippen molar-refractivity contribution in [3.63, 3.8) is 0 Å². The van der Waals surface area contributed by atoms with Gasteiger partial charge in [0.1, 0.15) is 11.5 Å². The summed E-state index contributed by atoms with van der Waals surface area (Å²) < 4.78 is 17.7. The monoisotopic (exact) mass is 303 g/mol. The Kier molecular flexibility index (Phi) is 5.89. The van der Waals surface area contributed by atoms with E-state index in [1.165, 1.54) is 0 Å². The van der Waals surface area contributed by atoms with Crippen LogP contribution in [0.2, 0.25) is 0 Å².